The van der Waals surface area contributed by atoms with Crippen molar-refractivity contribution in [2.45, 2.75) is 44.2 Å². The van der Waals surface area contributed by atoms with Gasteiger partial charge < -0.3 is 19.1 Å². The van der Waals surface area contributed by atoms with Crippen molar-refractivity contribution in [3.63, 3.8) is 0 Å². The maximum atomic E-state index is 6.91. The molecule has 1 saturated carbocycles. The van der Waals surface area contributed by atoms with Gasteiger partial charge in [-0.3, -0.25) is 0 Å². The van der Waals surface area contributed by atoms with Gasteiger partial charge in [0.1, 0.15) is 11.7 Å². The third kappa shape index (κ3) is 6.58. The largest absolute Gasteiger partial charge is 0.423 e. The zero-order valence-corrected chi connectivity index (χ0v) is 26.8. The summed E-state index contributed by atoms with van der Waals surface area (Å²) in [6, 6.07) is 26.6. The summed E-state index contributed by atoms with van der Waals surface area (Å²) >= 11 is 3.93. The summed E-state index contributed by atoms with van der Waals surface area (Å²) in [5.41, 5.74) is 3.57. The number of benzene rings is 2. The lowest BCUT2D eigenvalue weighted by molar-refractivity contribution is 0.137. The molecule has 0 spiro atoms. The van der Waals surface area contributed by atoms with Gasteiger partial charge in [-0.25, -0.2) is 4.98 Å². The molecule has 1 aliphatic carbocycles. The quantitative estimate of drug-likeness (QED) is 0.183. The van der Waals surface area contributed by atoms with Gasteiger partial charge in [0.25, 0.3) is 0 Å². The van der Waals surface area contributed by atoms with E-state index in [1.54, 1.807) is 0 Å². The van der Waals surface area contributed by atoms with Crippen LogP contribution in [0.4, 0.5) is 11.6 Å². The molecule has 1 aliphatic heterocycles. The Balaban J connectivity index is 1.32. The molecular formula is C35H44N4OS2. The first-order valence-corrected chi connectivity index (χ1v) is 17.5. The van der Waals surface area contributed by atoms with E-state index in [1.165, 1.54) is 41.8 Å². The number of nitrogens with zero attached hydrogens (tertiary/aromatic N) is 4. The minimum atomic E-state index is 0.0929. The maximum absolute atomic E-state index is 6.91. The third-order valence-corrected chi connectivity index (χ3v) is 11.0. The molecule has 0 amide bonds. The van der Waals surface area contributed by atoms with Crippen molar-refractivity contribution in [2.24, 2.45) is 11.8 Å². The molecule has 0 N–H and O–H groups in total. The van der Waals surface area contributed by atoms with Crippen LogP contribution in [0.25, 0.3) is 0 Å². The van der Waals surface area contributed by atoms with E-state index in [2.05, 4.69) is 114 Å². The SMILES string of the molecule is CN(C)C(c1cccs1)C1CCC(C(c2nc(Cc3ccccc3)c(N3CCSCC3)o2)N(C)c2ccccc2)CC1. The molecule has 0 bridgehead atoms. The molecule has 5 nitrogen and oxygen atoms in total. The highest BCUT2D eigenvalue weighted by atomic mass is 32.2. The van der Waals surface area contributed by atoms with E-state index in [4.69, 9.17) is 9.40 Å². The van der Waals surface area contributed by atoms with Crippen molar-refractivity contribution in [1.29, 1.82) is 0 Å². The number of anilines is 2. The predicted molar refractivity (Wildman–Crippen MR) is 179 cm³/mol. The van der Waals surface area contributed by atoms with Crippen molar-refractivity contribution >= 4 is 34.7 Å². The van der Waals surface area contributed by atoms with Crippen LogP contribution in [0.15, 0.2) is 82.6 Å². The van der Waals surface area contributed by atoms with Gasteiger partial charge in [-0.1, -0.05) is 54.6 Å². The number of para-hydroxylation sites is 1. The first-order valence-electron chi connectivity index (χ1n) is 15.4. The van der Waals surface area contributed by atoms with E-state index in [9.17, 15) is 0 Å². The second-order valence-electron chi connectivity index (χ2n) is 12.1. The van der Waals surface area contributed by atoms with Gasteiger partial charge in [-0.2, -0.15) is 11.8 Å². The molecule has 2 fully saturated rings. The zero-order valence-electron chi connectivity index (χ0n) is 25.2. The van der Waals surface area contributed by atoms with Gasteiger partial charge in [0, 0.05) is 54.7 Å². The molecule has 7 heteroatoms. The standard InChI is InChI=1S/C35H44N4OS2/c1-37(2)32(31-15-10-22-42-31)27-16-18-28(19-17-27)33(38(3)29-13-8-5-9-14-29)34-36-30(25-26-11-6-4-7-12-26)35(40-34)39-20-23-41-24-21-39/h4-15,22,27-28,32-33H,16-21,23-25H2,1-3H3. The van der Waals surface area contributed by atoms with Gasteiger partial charge in [0.05, 0.1) is 0 Å². The average molecular weight is 601 g/mol. The highest BCUT2D eigenvalue weighted by molar-refractivity contribution is 7.99. The van der Waals surface area contributed by atoms with Gasteiger partial charge in [0.2, 0.25) is 11.8 Å². The van der Waals surface area contributed by atoms with E-state index in [1.807, 2.05) is 23.1 Å². The van der Waals surface area contributed by atoms with Crippen molar-refractivity contribution < 1.29 is 4.42 Å². The second kappa shape index (κ2) is 13.7. The lowest BCUT2D eigenvalue weighted by Gasteiger charge is -2.41. The summed E-state index contributed by atoms with van der Waals surface area (Å²) in [4.78, 5) is 14.1. The molecule has 4 aromatic rings. The molecule has 2 aromatic heterocycles. The number of aromatic nitrogens is 1. The number of hydrogen-bond donors (Lipinski definition) is 0. The molecule has 3 heterocycles. The number of rotatable bonds is 10. The molecule has 222 valence electrons. The fourth-order valence-electron chi connectivity index (χ4n) is 7.06. The molecule has 2 unspecified atom stereocenters. The van der Waals surface area contributed by atoms with Crippen LogP contribution in [0.3, 0.4) is 0 Å². The molecular weight excluding hydrogens is 557 g/mol. The lowest BCUT2D eigenvalue weighted by Crippen LogP contribution is -2.36. The highest BCUT2D eigenvalue weighted by Crippen LogP contribution is 2.46. The summed E-state index contributed by atoms with van der Waals surface area (Å²) < 4.78 is 6.91. The first-order chi connectivity index (χ1) is 20.6. The number of oxazole rings is 1. The molecule has 1 saturated heterocycles. The minimum Gasteiger partial charge on any atom is -0.423 e. The predicted octanol–water partition coefficient (Wildman–Crippen LogP) is 8.17. The van der Waals surface area contributed by atoms with Crippen molar-refractivity contribution in [3.8, 4) is 0 Å². The number of hydrogen-bond acceptors (Lipinski definition) is 7. The Kier molecular flexibility index (Phi) is 9.57. The summed E-state index contributed by atoms with van der Waals surface area (Å²) in [6.07, 6.45) is 5.59. The van der Waals surface area contributed by atoms with E-state index in [0.717, 1.165) is 48.5 Å². The molecule has 2 atom stereocenters. The van der Waals surface area contributed by atoms with Crippen molar-refractivity contribution in [1.82, 2.24) is 9.88 Å². The number of thiophene rings is 1. The van der Waals surface area contributed by atoms with Crippen molar-refractivity contribution in [2.75, 3.05) is 55.5 Å². The first kappa shape index (κ1) is 29.3. The Labute approximate surface area is 259 Å². The summed E-state index contributed by atoms with van der Waals surface area (Å²) in [5.74, 6) is 5.28. The van der Waals surface area contributed by atoms with E-state index >= 15 is 0 Å². The number of thioether (sulfide) groups is 1. The van der Waals surface area contributed by atoms with Crippen LogP contribution in [0.1, 0.15) is 59.8 Å². The Bertz CT molecular complexity index is 1360. The highest BCUT2D eigenvalue weighted by Gasteiger charge is 2.38. The van der Waals surface area contributed by atoms with Crippen LogP contribution >= 0.6 is 23.1 Å². The molecule has 42 heavy (non-hydrogen) atoms. The van der Waals surface area contributed by atoms with Crippen LogP contribution in [0, 0.1) is 11.8 Å². The Morgan fingerprint density at radius 1 is 0.833 bits per heavy atom. The molecule has 2 aromatic carbocycles. The third-order valence-electron chi connectivity index (χ3n) is 9.14. The summed E-state index contributed by atoms with van der Waals surface area (Å²) in [7, 11) is 6.72. The Hall–Kier alpha value is -2.74. The minimum absolute atomic E-state index is 0.0929. The van der Waals surface area contributed by atoms with Crippen LogP contribution < -0.4 is 9.80 Å². The second-order valence-corrected chi connectivity index (χ2v) is 14.3. The molecule has 2 aliphatic rings. The van der Waals surface area contributed by atoms with Gasteiger partial charge in [-0.05, 0) is 80.8 Å². The molecule has 6 rings (SSSR count). The fourth-order valence-corrected chi connectivity index (χ4v) is 8.97. The van der Waals surface area contributed by atoms with Gasteiger partial charge in [-0.15, -0.1) is 11.3 Å². The van der Waals surface area contributed by atoms with Crippen LogP contribution in [-0.4, -0.2) is 55.6 Å². The van der Waals surface area contributed by atoms with Crippen LogP contribution in [0.2, 0.25) is 0 Å². The van der Waals surface area contributed by atoms with Crippen LogP contribution in [0.5, 0.6) is 0 Å². The maximum Gasteiger partial charge on any atom is 0.220 e. The van der Waals surface area contributed by atoms with Crippen LogP contribution in [-0.2, 0) is 6.42 Å². The smallest absolute Gasteiger partial charge is 0.220 e. The van der Waals surface area contributed by atoms with E-state index < -0.39 is 0 Å². The van der Waals surface area contributed by atoms with Gasteiger partial charge >= 0.3 is 0 Å². The normalized spacial score (nSPS) is 20.9. The van der Waals surface area contributed by atoms with Crippen molar-refractivity contribution in [3.05, 3.63) is 100 Å². The van der Waals surface area contributed by atoms with E-state index in [-0.39, 0.29) is 6.04 Å². The summed E-state index contributed by atoms with van der Waals surface area (Å²) in [5, 5.41) is 2.22. The van der Waals surface area contributed by atoms with Gasteiger partial charge in [0.15, 0.2) is 0 Å². The zero-order chi connectivity index (χ0) is 28.9. The Morgan fingerprint density at radius 2 is 1.48 bits per heavy atom. The Morgan fingerprint density at radius 3 is 2.10 bits per heavy atom. The fraction of sp³-hybridized carbons (Fsp3) is 0.457. The van der Waals surface area contributed by atoms with E-state index in [0.29, 0.717) is 17.9 Å². The average Bonchev–Trinajstić information content (AvgIpc) is 3.70. The lowest BCUT2D eigenvalue weighted by atomic mass is 9.74. The topological polar surface area (TPSA) is 35.8 Å². The monoisotopic (exact) mass is 600 g/mol. The molecule has 0 radical (unpaired) electrons. The summed E-state index contributed by atoms with van der Waals surface area (Å²) in [6.45, 7) is 2.03.